The van der Waals surface area contributed by atoms with E-state index >= 15 is 0 Å². The molecule has 1 heterocycles. The third-order valence-corrected chi connectivity index (χ3v) is 6.56. The van der Waals surface area contributed by atoms with Gasteiger partial charge in [0.05, 0.1) is 25.8 Å². The lowest BCUT2D eigenvalue weighted by Gasteiger charge is -2.16. The largest absolute Gasteiger partial charge is 0.493 e. The molecular weight excluding hydrogens is 441 g/mol. The number of hydrogen-bond acceptors (Lipinski definition) is 7. The van der Waals surface area contributed by atoms with Crippen LogP contribution in [-0.4, -0.2) is 44.2 Å². The van der Waals surface area contributed by atoms with E-state index in [1.165, 1.54) is 39.5 Å². The summed E-state index contributed by atoms with van der Waals surface area (Å²) in [6, 6.07) is 9.34. The van der Waals surface area contributed by atoms with E-state index in [1.54, 1.807) is 18.2 Å². The van der Waals surface area contributed by atoms with Gasteiger partial charge in [-0.05, 0) is 36.4 Å². The fourth-order valence-corrected chi connectivity index (χ4v) is 4.38. The van der Waals surface area contributed by atoms with Crippen LogP contribution in [0, 0.1) is 0 Å². The van der Waals surface area contributed by atoms with E-state index in [0.717, 1.165) is 4.31 Å². The SMILES string of the molecule is COc1ccc(-c2nnc(CN(C)S(=O)(=O)c3cc(Cl)ccc3Cl)o2)cc1OC. The van der Waals surface area contributed by atoms with Gasteiger partial charge in [-0.2, -0.15) is 4.31 Å². The molecule has 0 aliphatic carbocycles. The van der Waals surface area contributed by atoms with Gasteiger partial charge in [-0.1, -0.05) is 23.2 Å². The molecule has 154 valence electrons. The molecule has 3 aromatic rings. The summed E-state index contributed by atoms with van der Waals surface area (Å²) in [5.41, 5.74) is 0.602. The minimum Gasteiger partial charge on any atom is -0.493 e. The molecule has 29 heavy (non-hydrogen) atoms. The van der Waals surface area contributed by atoms with E-state index in [9.17, 15) is 8.42 Å². The van der Waals surface area contributed by atoms with Crippen molar-refractivity contribution < 1.29 is 22.3 Å². The number of methoxy groups -OCH3 is 2. The van der Waals surface area contributed by atoms with E-state index in [-0.39, 0.29) is 33.3 Å². The molecular formula is C18H17Cl2N3O5S. The van der Waals surface area contributed by atoms with Gasteiger partial charge in [0, 0.05) is 17.6 Å². The Morgan fingerprint density at radius 3 is 2.45 bits per heavy atom. The van der Waals surface area contributed by atoms with Crippen molar-refractivity contribution in [1.82, 2.24) is 14.5 Å². The van der Waals surface area contributed by atoms with Crippen LogP contribution in [0.2, 0.25) is 10.0 Å². The molecule has 3 rings (SSSR count). The molecule has 0 fully saturated rings. The molecule has 0 bridgehead atoms. The summed E-state index contributed by atoms with van der Waals surface area (Å²) in [5, 5.41) is 8.23. The van der Waals surface area contributed by atoms with Crippen LogP contribution in [0.15, 0.2) is 45.7 Å². The Morgan fingerprint density at radius 1 is 1.03 bits per heavy atom. The van der Waals surface area contributed by atoms with E-state index in [0.29, 0.717) is 17.1 Å². The predicted octanol–water partition coefficient (Wildman–Crippen LogP) is 3.88. The van der Waals surface area contributed by atoms with Crippen LogP contribution in [0.1, 0.15) is 5.89 Å². The number of hydrogen-bond donors (Lipinski definition) is 0. The van der Waals surface area contributed by atoms with Crippen molar-refractivity contribution in [2.45, 2.75) is 11.4 Å². The van der Waals surface area contributed by atoms with Crippen molar-refractivity contribution in [1.29, 1.82) is 0 Å². The fraction of sp³-hybridized carbons (Fsp3) is 0.222. The number of halogens is 2. The zero-order valence-corrected chi connectivity index (χ0v) is 18.0. The summed E-state index contributed by atoms with van der Waals surface area (Å²) >= 11 is 11.9. The van der Waals surface area contributed by atoms with Gasteiger partial charge >= 0.3 is 0 Å². The molecule has 0 aliphatic rings. The maximum atomic E-state index is 12.8. The van der Waals surface area contributed by atoms with Crippen LogP contribution in [0.5, 0.6) is 11.5 Å². The van der Waals surface area contributed by atoms with Gasteiger partial charge in [0.25, 0.3) is 0 Å². The highest BCUT2D eigenvalue weighted by Crippen LogP contribution is 2.32. The van der Waals surface area contributed by atoms with Crippen LogP contribution in [0.25, 0.3) is 11.5 Å². The quantitative estimate of drug-likeness (QED) is 0.530. The summed E-state index contributed by atoms with van der Waals surface area (Å²) in [4.78, 5) is -0.103. The Morgan fingerprint density at radius 2 is 1.76 bits per heavy atom. The Hall–Kier alpha value is -2.33. The van der Waals surface area contributed by atoms with Crippen LogP contribution < -0.4 is 9.47 Å². The van der Waals surface area contributed by atoms with Gasteiger partial charge in [0.1, 0.15) is 4.90 Å². The predicted molar refractivity (Wildman–Crippen MR) is 108 cm³/mol. The molecule has 0 saturated heterocycles. The van der Waals surface area contributed by atoms with Gasteiger partial charge in [-0.25, -0.2) is 8.42 Å². The van der Waals surface area contributed by atoms with Crippen molar-refractivity contribution in [2.75, 3.05) is 21.3 Å². The lowest BCUT2D eigenvalue weighted by molar-refractivity contribution is 0.355. The van der Waals surface area contributed by atoms with Crippen molar-refractivity contribution >= 4 is 33.2 Å². The van der Waals surface area contributed by atoms with Crippen LogP contribution >= 0.6 is 23.2 Å². The average Bonchev–Trinajstić information content (AvgIpc) is 3.17. The summed E-state index contributed by atoms with van der Waals surface area (Å²) in [5.74, 6) is 1.38. The lowest BCUT2D eigenvalue weighted by atomic mass is 10.2. The molecule has 0 aliphatic heterocycles. The highest BCUT2D eigenvalue weighted by molar-refractivity contribution is 7.89. The lowest BCUT2D eigenvalue weighted by Crippen LogP contribution is -2.27. The number of aromatic nitrogens is 2. The summed E-state index contributed by atoms with van der Waals surface area (Å²) in [6.45, 7) is -0.147. The summed E-state index contributed by atoms with van der Waals surface area (Å²) in [7, 11) is 0.517. The average molecular weight is 458 g/mol. The zero-order chi connectivity index (χ0) is 21.2. The zero-order valence-electron chi connectivity index (χ0n) is 15.7. The minimum atomic E-state index is -3.91. The smallest absolute Gasteiger partial charge is 0.247 e. The fourth-order valence-electron chi connectivity index (χ4n) is 2.52. The summed E-state index contributed by atoms with van der Waals surface area (Å²) in [6.07, 6.45) is 0. The Labute approximate surface area is 178 Å². The second-order valence-corrected chi connectivity index (χ2v) is 8.76. The molecule has 1 aromatic heterocycles. The van der Waals surface area contributed by atoms with E-state index in [4.69, 9.17) is 37.1 Å². The minimum absolute atomic E-state index is 0.0674. The third-order valence-electron chi connectivity index (χ3n) is 4.04. The first-order valence-electron chi connectivity index (χ1n) is 8.22. The molecule has 11 heteroatoms. The normalized spacial score (nSPS) is 11.7. The van der Waals surface area contributed by atoms with Crippen molar-refractivity contribution in [3.8, 4) is 23.0 Å². The molecule has 0 saturated carbocycles. The number of ether oxygens (including phenoxy) is 2. The number of benzene rings is 2. The standard InChI is InChI=1S/C18H17Cl2N3O5S/c1-23(29(24,25)16-9-12(19)5-6-13(16)20)10-17-21-22-18(28-17)11-4-7-14(26-2)15(8-11)27-3/h4-9H,10H2,1-3H3. The monoisotopic (exact) mass is 457 g/mol. The molecule has 0 atom stereocenters. The first kappa shape index (κ1) is 21.4. The first-order valence-corrected chi connectivity index (χ1v) is 10.4. The Kier molecular flexibility index (Phi) is 6.33. The molecule has 0 amide bonds. The number of sulfonamides is 1. The third kappa shape index (κ3) is 4.48. The number of nitrogens with zero attached hydrogens (tertiary/aromatic N) is 3. The van der Waals surface area contributed by atoms with E-state index < -0.39 is 10.0 Å². The van der Waals surface area contributed by atoms with E-state index in [2.05, 4.69) is 10.2 Å². The molecule has 0 N–H and O–H groups in total. The highest BCUT2D eigenvalue weighted by atomic mass is 35.5. The maximum Gasteiger partial charge on any atom is 0.247 e. The number of rotatable bonds is 7. The highest BCUT2D eigenvalue weighted by Gasteiger charge is 2.26. The summed E-state index contributed by atoms with van der Waals surface area (Å²) < 4.78 is 42.7. The van der Waals surface area contributed by atoms with Gasteiger partial charge in [0.2, 0.25) is 21.8 Å². The molecule has 0 spiro atoms. The second kappa shape index (κ2) is 8.58. The Balaban J connectivity index is 1.83. The first-order chi connectivity index (χ1) is 13.8. The van der Waals surface area contributed by atoms with Crippen LogP contribution in [0.3, 0.4) is 0 Å². The van der Waals surface area contributed by atoms with Crippen molar-refractivity contribution in [3.05, 3.63) is 52.3 Å². The molecule has 0 radical (unpaired) electrons. The van der Waals surface area contributed by atoms with Gasteiger partial charge in [-0.15, -0.1) is 10.2 Å². The van der Waals surface area contributed by atoms with Crippen molar-refractivity contribution in [2.24, 2.45) is 0 Å². The maximum absolute atomic E-state index is 12.8. The molecule has 8 nitrogen and oxygen atoms in total. The van der Waals surface area contributed by atoms with Crippen LogP contribution in [0.4, 0.5) is 0 Å². The van der Waals surface area contributed by atoms with Gasteiger partial charge in [0.15, 0.2) is 11.5 Å². The molecule has 0 unspecified atom stereocenters. The molecule has 2 aromatic carbocycles. The van der Waals surface area contributed by atoms with Gasteiger partial charge < -0.3 is 13.9 Å². The van der Waals surface area contributed by atoms with E-state index in [1.807, 2.05) is 0 Å². The van der Waals surface area contributed by atoms with Crippen LogP contribution in [-0.2, 0) is 16.6 Å². The van der Waals surface area contributed by atoms with Gasteiger partial charge in [-0.3, -0.25) is 0 Å². The topological polar surface area (TPSA) is 94.8 Å². The van der Waals surface area contributed by atoms with Crippen molar-refractivity contribution in [3.63, 3.8) is 0 Å². The second-order valence-electron chi connectivity index (χ2n) is 5.91. The Bertz CT molecular complexity index is 1130.